The number of hydrogen-bond donors (Lipinski definition) is 1. The third kappa shape index (κ3) is 4.84. The maximum Gasteiger partial charge on any atom is 0.273 e. The number of fused-ring (bicyclic) bond motifs is 1. The van der Waals surface area contributed by atoms with Crippen molar-refractivity contribution in [2.75, 3.05) is 0 Å². The van der Waals surface area contributed by atoms with Gasteiger partial charge in [0.15, 0.2) is 0 Å². The largest absolute Gasteiger partial charge is 0.342 e. The Morgan fingerprint density at radius 2 is 1.78 bits per heavy atom. The van der Waals surface area contributed by atoms with Crippen molar-refractivity contribution >= 4 is 40.3 Å². The fourth-order valence-electron chi connectivity index (χ4n) is 3.52. The highest BCUT2D eigenvalue weighted by Crippen LogP contribution is 2.22. The van der Waals surface area contributed by atoms with Crippen LogP contribution in [0.1, 0.15) is 16.7 Å². The van der Waals surface area contributed by atoms with Crippen LogP contribution in [0, 0.1) is 10.1 Å². The molecule has 0 aliphatic rings. The Bertz CT molecular complexity index is 1310. The van der Waals surface area contributed by atoms with Gasteiger partial charge in [0.1, 0.15) is 0 Å². The summed E-state index contributed by atoms with van der Waals surface area (Å²) in [6.45, 7) is 0.662. The summed E-state index contributed by atoms with van der Waals surface area (Å²) >= 11 is 5.98. The number of halogens is 1. The summed E-state index contributed by atoms with van der Waals surface area (Å²) in [5, 5.41) is 16.9. The van der Waals surface area contributed by atoms with Crippen molar-refractivity contribution in [3.8, 4) is 0 Å². The summed E-state index contributed by atoms with van der Waals surface area (Å²) in [6.07, 6.45) is 3.42. The molecule has 7 nitrogen and oxygen atoms in total. The molecule has 0 unspecified atom stereocenters. The molecule has 1 N–H and O–H groups in total. The predicted molar refractivity (Wildman–Crippen MR) is 125 cm³/mol. The molecule has 1 heterocycles. The summed E-state index contributed by atoms with van der Waals surface area (Å²) in [6, 6.07) is 21.8. The molecule has 8 heteroatoms. The molecule has 0 aliphatic carbocycles. The number of para-hydroxylation sites is 2. The molecule has 0 saturated heterocycles. The number of nitro benzene ring substituents is 1. The van der Waals surface area contributed by atoms with Gasteiger partial charge in [0.2, 0.25) is 5.91 Å². The second kappa shape index (κ2) is 9.45. The SMILES string of the molecule is O=C(Cc1ccccc1[N+](=O)[O-])N/N=C/c1cn(Cc2ccc(Cl)cc2)c2ccccc12. The van der Waals surface area contributed by atoms with E-state index >= 15 is 0 Å². The number of aromatic nitrogens is 1. The number of nitro groups is 1. The quantitative estimate of drug-likeness (QED) is 0.247. The minimum atomic E-state index is -0.499. The highest BCUT2D eigenvalue weighted by molar-refractivity contribution is 6.30. The van der Waals surface area contributed by atoms with Crippen molar-refractivity contribution in [2.24, 2.45) is 5.10 Å². The van der Waals surface area contributed by atoms with Gasteiger partial charge >= 0.3 is 0 Å². The minimum absolute atomic E-state index is 0.0862. The Morgan fingerprint density at radius 1 is 1.06 bits per heavy atom. The lowest BCUT2D eigenvalue weighted by molar-refractivity contribution is -0.385. The first-order valence-corrected chi connectivity index (χ1v) is 10.3. The first-order chi connectivity index (χ1) is 15.5. The number of benzene rings is 3. The Hall–Kier alpha value is -3.97. The summed E-state index contributed by atoms with van der Waals surface area (Å²) in [7, 11) is 0. The average molecular weight is 447 g/mol. The highest BCUT2D eigenvalue weighted by atomic mass is 35.5. The summed E-state index contributed by atoms with van der Waals surface area (Å²) in [5.41, 5.74) is 5.70. The van der Waals surface area contributed by atoms with Crippen molar-refractivity contribution < 1.29 is 9.72 Å². The Kier molecular flexibility index (Phi) is 6.28. The van der Waals surface area contributed by atoms with Crippen molar-refractivity contribution in [3.63, 3.8) is 0 Å². The van der Waals surface area contributed by atoms with E-state index in [-0.39, 0.29) is 12.1 Å². The number of rotatable bonds is 7. The third-order valence-electron chi connectivity index (χ3n) is 5.02. The Balaban J connectivity index is 1.50. The lowest BCUT2D eigenvalue weighted by atomic mass is 10.1. The molecular weight excluding hydrogens is 428 g/mol. The zero-order valence-corrected chi connectivity index (χ0v) is 17.7. The third-order valence-corrected chi connectivity index (χ3v) is 5.27. The van der Waals surface area contributed by atoms with Gasteiger partial charge in [-0.15, -0.1) is 0 Å². The number of hydrogen-bond acceptors (Lipinski definition) is 4. The highest BCUT2D eigenvalue weighted by Gasteiger charge is 2.15. The van der Waals surface area contributed by atoms with Crippen LogP contribution < -0.4 is 5.43 Å². The fraction of sp³-hybridized carbons (Fsp3) is 0.0833. The van der Waals surface area contributed by atoms with Gasteiger partial charge in [0, 0.05) is 45.9 Å². The zero-order chi connectivity index (χ0) is 22.5. The van der Waals surface area contributed by atoms with Crippen LogP contribution >= 0.6 is 11.6 Å². The van der Waals surface area contributed by atoms with Crippen molar-refractivity contribution in [1.82, 2.24) is 9.99 Å². The van der Waals surface area contributed by atoms with Crippen LogP contribution in [0.25, 0.3) is 10.9 Å². The molecule has 0 bridgehead atoms. The zero-order valence-electron chi connectivity index (χ0n) is 16.9. The summed E-state index contributed by atoms with van der Waals surface area (Å²) in [4.78, 5) is 22.9. The average Bonchev–Trinajstić information content (AvgIpc) is 3.13. The summed E-state index contributed by atoms with van der Waals surface area (Å²) < 4.78 is 2.11. The van der Waals surface area contributed by atoms with Crippen molar-refractivity contribution in [1.29, 1.82) is 0 Å². The van der Waals surface area contributed by atoms with Gasteiger partial charge in [0.25, 0.3) is 5.69 Å². The molecule has 3 aromatic carbocycles. The Morgan fingerprint density at radius 3 is 2.56 bits per heavy atom. The molecule has 0 spiro atoms. The Labute approximate surface area is 189 Å². The molecule has 32 heavy (non-hydrogen) atoms. The van der Waals surface area contributed by atoms with E-state index in [0.29, 0.717) is 17.1 Å². The van der Waals surface area contributed by atoms with E-state index in [4.69, 9.17) is 11.6 Å². The van der Waals surface area contributed by atoms with Gasteiger partial charge < -0.3 is 4.57 Å². The van der Waals surface area contributed by atoms with Crippen LogP contribution in [-0.2, 0) is 17.8 Å². The van der Waals surface area contributed by atoms with Crippen LogP contribution in [0.4, 0.5) is 5.69 Å². The van der Waals surface area contributed by atoms with Crippen molar-refractivity contribution in [2.45, 2.75) is 13.0 Å². The number of amides is 1. The molecule has 1 aromatic heterocycles. The standard InChI is InChI=1S/C24H19ClN4O3/c25-20-11-9-17(10-12-20)15-28-16-19(21-6-2-4-8-23(21)28)14-26-27-24(30)13-18-5-1-3-7-22(18)29(31)32/h1-12,14,16H,13,15H2,(H,27,30)/b26-14+. The molecule has 0 aliphatic heterocycles. The first kappa shape index (κ1) is 21.3. The van der Waals surface area contributed by atoms with E-state index < -0.39 is 10.8 Å². The van der Waals surface area contributed by atoms with E-state index in [1.165, 1.54) is 6.07 Å². The van der Waals surface area contributed by atoms with Crippen LogP contribution in [0.15, 0.2) is 84.1 Å². The minimum Gasteiger partial charge on any atom is -0.342 e. The molecule has 1 amide bonds. The number of hydrazone groups is 1. The maximum atomic E-state index is 12.3. The van der Waals surface area contributed by atoms with E-state index in [1.54, 1.807) is 24.4 Å². The number of nitrogens with zero attached hydrogens (tertiary/aromatic N) is 3. The van der Waals surface area contributed by atoms with Crippen LogP contribution in [0.5, 0.6) is 0 Å². The lowest BCUT2D eigenvalue weighted by Gasteiger charge is -2.05. The van der Waals surface area contributed by atoms with Gasteiger partial charge in [-0.2, -0.15) is 5.10 Å². The van der Waals surface area contributed by atoms with Gasteiger partial charge in [-0.3, -0.25) is 14.9 Å². The normalized spacial score (nSPS) is 11.2. The van der Waals surface area contributed by atoms with Crippen LogP contribution in [0.2, 0.25) is 5.02 Å². The molecule has 0 atom stereocenters. The van der Waals surface area contributed by atoms with Gasteiger partial charge in [-0.1, -0.05) is 60.1 Å². The lowest BCUT2D eigenvalue weighted by Crippen LogP contribution is -2.20. The van der Waals surface area contributed by atoms with Crippen LogP contribution in [-0.4, -0.2) is 21.6 Å². The van der Waals surface area contributed by atoms with Gasteiger partial charge in [-0.25, -0.2) is 5.43 Å². The molecular formula is C24H19ClN4O3. The smallest absolute Gasteiger partial charge is 0.273 e. The maximum absolute atomic E-state index is 12.3. The number of nitrogens with one attached hydrogen (secondary N) is 1. The van der Waals surface area contributed by atoms with Crippen LogP contribution in [0.3, 0.4) is 0 Å². The second-order valence-electron chi connectivity index (χ2n) is 7.21. The molecule has 160 valence electrons. The molecule has 0 fully saturated rings. The van der Waals surface area contributed by atoms with E-state index in [0.717, 1.165) is 22.0 Å². The van der Waals surface area contributed by atoms with Crippen molar-refractivity contribution in [3.05, 3.63) is 111 Å². The monoisotopic (exact) mass is 446 g/mol. The topological polar surface area (TPSA) is 89.5 Å². The van der Waals surface area contributed by atoms with E-state index in [2.05, 4.69) is 15.1 Å². The van der Waals surface area contributed by atoms with Gasteiger partial charge in [-0.05, 0) is 23.8 Å². The predicted octanol–water partition coefficient (Wildman–Crippen LogP) is 4.94. The molecule has 4 rings (SSSR count). The number of carbonyl (C=O) groups is 1. The summed E-state index contributed by atoms with van der Waals surface area (Å²) in [5.74, 6) is -0.430. The fourth-order valence-corrected chi connectivity index (χ4v) is 3.65. The number of carbonyl (C=O) groups excluding carboxylic acids is 1. The van der Waals surface area contributed by atoms with Gasteiger partial charge in [0.05, 0.1) is 17.6 Å². The van der Waals surface area contributed by atoms with E-state index in [1.807, 2.05) is 54.7 Å². The molecule has 4 aromatic rings. The molecule has 0 saturated carbocycles. The first-order valence-electron chi connectivity index (χ1n) is 9.88. The van der Waals surface area contributed by atoms with E-state index in [9.17, 15) is 14.9 Å². The second-order valence-corrected chi connectivity index (χ2v) is 7.65. The molecule has 0 radical (unpaired) electrons.